The van der Waals surface area contributed by atoms with Crippen molar-refractivity contribution in [1.82, 2.24) is 9.84 Å². The molecule has 0 aliphatic carbocycles. The van der Waals surface area contributed by atoms with Gasteiger partial charge in [0.25, 0.3) is 10.0 Å². The number of sulfonamides is 1. The molecule has 0 fully saturated rings. The summed E-state index contributed by atoms with van der Waals surface area (Å²) in [7, 11) is -4.91. The minimum absolute atomic E-state index is 0.261. The van der Waals surface area contributed by atoms with Crippen molar-refractivity contribution >= 4 is 19.9 Å². The van der Waals surface area contributed by atoms with E-state index < -0.39 is 30.6 Å². The van der Waals surface area contributed by atoms with Crippen LogP contribution in [0.5, 0.6) is 0 Å². The number of rotatable bonds is 4. The molecule has 0 aromatic heterocycles. The lowest BCUT2D eigenvalue weighted by atomic mass is 10.3. The van der Waals surface area contributed by atoms with Gasteiger partial charge in [-0.2, -0.15) is 0 Å². The molecule has 6 nitrogen and oxygen atoms in total. The van der Waals surface area contributed by atoms with Gasteiger partial charge in [-0.3, -0.25) is 0 Å². The van der Waals surface area contributed by atoms with Crippen molar-refractivity contribution in [2.45, 2.75) is 9.79 Å². The Morgan fingerprint density at radius 2 is 1.72 bits per heavy atom. The van der Waals surface area contributed by atoms with Crippen LogP contribution in [0, 0.1) is 5.82 Å². The second-order valence-electron chi connectivity index (χ2n) is 3.85. The van der Waals surface area contributed by atoms with Crippen molar-refractivity contribution in [3.05, 3.63) is 24.0 Å². The number of nitrogens with zero attached hydrogens (tertiary/aromatic N) is 1. The molecule has 0 atom stereocenters. The van der Waals surface area contributed by atoms with Crippen molar-refractivity contribution < 1.29 is 21.2 Å². The number of hydrogen-bond donors (Lipinski definition) is 1. The van der Waals surface area contributed by atoms with Gasteiger partial charge in [-0.05, 0) is 18.2 Å². The lowest BCUT2D eigenvalue weighted by Gasteiger charge is -2.13. The monoisotopic (exact) mass is 296 g/mol. The maximum absolute atomic E-state index is 13.5. The molecule has 0 unspecified atom stereocenters. The van der Waals surface area contributed by atoms with Crippen LogP contribution >= 0.6 is 0 Å². The third kappa shape index (κ3) is 3.48. The molecule has 102 valence electrons. The molecule has 0 spiro atoms. The van der Waals surface area contributed by atoms with E-state index in [1.54, 1.807) is 0 Å². The van der Waals surface area contributed by atoms with Gasteiger partial charge in [0.15, 0.2) is 9.84 Å². The molecular formula is C9H13FN2O4S2. The molecule has 18 heavy (non-hydrogen) atoms. The minimum Gasteiger partial charge on any atom is -0.237 e. The van der Waals surface area contributed by atoms with Crippen LogP contribution in [-0.4, -0.2) is 42.2 Å². The van der Waals surface area contributed by atoms with E-state index in [0.29, 0.717) is 0 Å². The largest absolute Gasteiger partial charge is 0.256 e. The maximum atomic E-state index is 13.5. The topological polar surface area (TPSA) is 83.6 Å². The van der Waals surface area contributed by atoms with Gasteiger partial charge in [0.05, 0.1) is 4.90 Å². The van der Waals surface area contributed by atoms with Crippen LogP contribution in [0.2, 0.25) is 0 Å². The summed E-state index contributed by atoms with van der Waals surface area (Å²) in [5, 5.41) is 1.11. The minimum atomic E-state index is -4.14. The summed E-state index contributed by atoms with van der Waals surface area (Å²) in [6.45, 7) is 0. The van der Waals surface area contributed by atoms with Gasteiger partial charge >= 0.3 is 0 Å². The average Bonchev–Trinajstić information content (AvgIpc) is 2.13. The lowest BCUT2D eigenvalue weighted by Crippen LogP contribution is -2.36. The third-order valence-corrected chi connectivity index (χ3v) is 4.53. The van der Waals surface area contributed by atoms with Crippen LogP contribution in [0.25, 0.3) is 0 Å². The number of halogens is 1. The standard InChI is InChI=1S/C9H13FN2O4S2/c1-12(2)11-18(15,16)9-6-7(17(3,13)14)4-5-8(9)10/h4-6,11H,1-3H3. The Balaban J connectivity index is 3.42. The normalized spacial score (nSPS) is 12.9. The zero-order valence-electron chi connectivity index (χ0n) is 10.0. The fourth-order valence-electron chi connectivity index (χ4n) is 1.21. The van der Waals surface area contributed by atoms with E-state index in [1.165, 1.54) is 14.1 Å². The first kappa shape index (κ1) is 15.0. The number of benzene rings is 1. The molecule has 0 radical (unpaired) electrons. The van der Waals surface area contributed by atoms with E-state index in [-0.39, 0.29) is 4.90 Å². The number of hydrazine groups is 1. The number of nitrogens with one attached hydrogen (secondary N) is 1. The molecule has 9 heteroatoms. The molecule has 1 aromatic rings. The average molecular weight is 296 g/mol. The highest BCUT2D eigenvalue weighted by atomic mass is 32.2. The fourth-order valence-corrected chi connectivity index (χ4v) is 3.12. The molecule has 0 aliphatic rings. The second-order valence-corrected chi connectivity index (χ2v) is 7.50. The highest BCUT2D eigenvalue weighted by molar-refractivity contribution is 7.91. The summed E-state index contributed by atoms with van der Waals surface area (Å²) >= 11 is 0. The summed E-state index contributed by atoms with van der Waals surface area (Å²) < 4.78 is 59.6. The quantitative estimate of drug-likeness (QED) is 0.624. The van der Waals surface area contributed by atoms with Crippen LogP contribution in [0.4, 0.5) is 4.39 Å². The Morgan fingerprint density at radius 3 is 2.17 bits per heavy atom. The van der Waals surface area contributed by atoms with Crippen molar-refractivity contribution in [2.24, 2.45) is 0 Å². The van der Waals surface area contributed by atoms with Crippen LogP contribution in [-0.2, 0) is 19.9 Å². The van der Waals surface area contributed by atoms with Gasteiger partial charge < -0.3 is 0 Å². The van der Waals surface area contributed by atoms with Crippen molar-refractivity contribution in [2.75, 3.05) is 20.4 Å². The first-order valence-electron chi connectivity index (χ1n) is 4.73. The van der Waals surface area contributed by atoms with Gasteiger partial charge in [-0.1, -0.05) is 0 Å². The van der Waals surface area contributed by atoms with Crippen LogP contribution in [0.3, 0.4) is 0 Å². The number of sulfone groups is 1. The fraction of sp³-hybridized carbons (Fsp3) is 0.333. The van der Waals surface area contributed by atoms with Crippen molar-refractivity contribution in [3.8, 4) is 0 Å². The summed E-state index contributed by atoms with van der Waals surface area (Å²) in [5.74, 6) is -1.02. The molecule has 0 heterocycles. The smallest absolute Gasteiger partial charge is 0.237 e. The summed E-state index contributed by atoms with van der Waals surface area (Å²) in [5.41, 5.74) is 0. The molecule has 1 rings (SSSR count). The maximum Gasteiger partial charge on any atom is 0.256 e. The predicted octanol–water partition coefficient (Wildman–Crippen LogP) is -0.0159. The highest BCUT2D eigenvalue weighted by Gasteiger charge is 2.22. The molecule has 0 saturated carbocycles. The van der Waals surface area contributed by atoms with Crippen LogP contribution < -0.4 is 4.83 Å². The lowest BCUT2D eigenvalue weighted by molar-refractivity contribution is 0.362. The van der Waals surface area contributed by atoms with E-state index in [4.69, 9.17) is 0 Å². The van der Waals surface area contributed by atoms with Crippen LogP contribution in [0.1, 0.15) is 0 Å². The first-order valence-corrected chi connectivity index (χ1v) is 8.11. The van der Waals surface area contributed by atoms with Gasteiger partial charge in [-0.25, -0.2) is 26.2 Å². The molecular weight excluding hydrogens is 283 g/mol. The van der Waals surface area contributed by atoms with Gasteiger partial charge in [0.2, 0.25) is 0 Å². The van der Waals surface area contributed by atoms with E-state index in [2.05, 4.69) is 0 Å². The van der Waals surface area contributed by atoms with E-state index in [0.717, 1.165) is 29.5 Å². The Morgan fingerprint density at radius 1 is 1.17 bits per heavy atom. The Bertz CT molecular complexity index is 653. The van der Waals surface area contributed by atoms with Crippen molar-refractivity contribution in [1.29, 1.82) is 0 Å². The van der Waals surface area contributed by atoms with Crippen molar-refractivity contribution in [3.63, 3.8) is 0 Å². The Hall–Kier alpha value is -1.03. The highest BCUT2D eigenvalue weighted by Crippen LogP contribution is 2.19. The summed E-state index contributed by atoms with van der Waals surface area (Å²) in [4.78, 5) is 1.06. The van der Waals surface area contributed by atoms with E-state index >= 15 is 0 Å². The molecule has 1 aromatic carbocycles. The summed E-state index contributed by atoms with van der Waals surface area (Å²) in [6.07, 6.45) is 0.913. The molecule has 0 bridgehead atoms. The van der Waals surface area contributed by atoms with Crippen LogP contribution in [0.15, 0.2) is 28.0 Å². The predicted molar refractivity (Wildman–Crippen MR) is 63.5 cm³/mol. The zero-order chi connectivity index (χ0) is 14.1. The second kappa shape index (κ2) is 4.92. The van der Waals surface area contributed by atoms with Gasteiger partial charge in [-0.15, -0.1) is 4.83 Å². The third-order valence-electron chi connectivity index (χ3n) is 1.92. The Labute approximate surface area is 105 Å². The first-order chi connectivity index (χ1) is 8.04. The molecule has 1 N–H and O–H groups in total. The summed E-state index contributed by atoms with van der Waals surface area (Å²) in [6, 6.07) is 2.61. The van der Waals surface area contributed by atoms with E-state index in [1.807, 2.05) is 4.83 Å². The molecule has 0 amide bonds. The molecule has 0 aliphatic heterocycles. The zero-order valence-corrected chi connectivity index (χ0v) is 11.6. The number of hydrogen-bond acceptors (Lipinski definition) is 5. The Kier molecular flexibility index (Phi) is 4.11. The van der Waals surface area contributed by atoms with Gasteiger partial charge in [0.1, 0.15) is 10.7 Å². The SMILES string of the molecule is CN(C)NS(=O)(=O)c1cc(S(C)(=O)=O)ccc1F. The van der Waals surface area contributed by atoms with Gasteiger partial charge in [0, 0.05) is 20.4 Å². The molecule has 0 saturated heterocycles. The van der Waals surface area contributed by atoms with E-state index in [9.17, 15) is 21.2 Å².